The average molecular weight is 199 g/mol. The van der Waals surface area contributed by atoms with Crippen molar-refractivity contribution in [2.75, 3.05) is 0 Å². The van der Waals surface area contributed by atoms with Crippen molar-refractivity contribution >= 4 is 12.2 Å². The lowest BCUT2D eigenvalue weighted by molar-refractivity contribution is -0.124. The molecule has 0 rings (SSSR count). The highest BCUT2D eigenvalue weighted by molar-refractivity contribution is 5.79. The molecule has 3 heteroatoms. The van der Waals surface area contributed by atoms with Gasteiger partial charge in [0.2, 0.25) is 5.91 Å². The number of carbonyl (C=O) groups is 2. The van der Waals surface area contributed by atoms with Gasteiger partial charge in [0.1, 0.15) is 6.29 Å². The molecule has 1 amide bonds. The largest absolute Gasteiger partial charge is 0.346 e. The van der Waals surface area contributed by atoms with E-state index < -0.39 is 0 Å². The highest BCUT2D eigenvalue weighted by Gasteiger charge is 2.14. The van der Waals surface area contributed by atoms with Crippen LogP contribution in [-0.4, -0.2) is 18.2 Å². The van der Waals surface area contributed by atoms with Gasteiger partial charge < -0.3 is 10.1 Å². The second-order valence-electron chi connectivity index (χ2n) is 3.93. The molecule has 3 nitrogen and oxygen atoms in total. The SMILES string of the molecule is CCCCCC(=O)NC(C=O)C(C)C. The fourth-order valence-corrected chi connectivity index (χ4v) is 1.15. The Hall–Kier alpha value is -0.860. The minimum absolute atomic E-state index is 0.00995. The molecule has 82 valence electrons. The zero-order valence-corrected chi connectivity index (χ0v) is 9.38. The zero-order valence-electron chi connectivity index (χ0n) is 9.38. The van der Waals surface area contributed by atoms with Crippen LogP contribution in [0.5, 0.6) is 0 Å². The predicted octanol–water partition coefficient (Wildman–Crippen LogP) is 1.91. The molecule has 0 aliphatic rings. The fourth-order valence-electron chi connectivity index (χ4n) is 1.15. The number of amides is 1. The fraction of sp³-hybridized carbons (Fsp3) is 0.818. The molecule has 0 aromatic carbocycles. The summed E-state index contributed by atoms with van der Waals surface area (Å²) in [5.74, 6) is 0.159. The summed E-state index contributed by atoms with van der Waals surface area (Å²) >= 11 is 0. The second-order valence-corrected chi connectivity index (χ2v) is 3.93. The summed E-state index contributed by atoms with van der Waals surface area (Å²) < 4.78 is 0. The molecule has 0 spiro atoms. The number of hydrogen-bond donors (Lipinski definition) is 1. The Morgan fingerprint density at radius 1 is 1.36 bits per heavy atom. The summed E-state index contributed by atoms with van der Waals surface area (Å²) in [6.07, 6.45) is 4.43. The van der Waals surface area contributed by atoms with E-state index in [1.807, 2.05) is 13.8 Å². The summed E-state index contributed by atoms with van der Waals surface area (Å²) in [4.78, 5) is 21.9. The van der Waals surface area contributed by atoms with E-state index in [2.05, 4.69) is 12.2 Å². The van der Waals surface area contributed by atoms with E-state index in [0.717, 1.165) is 25.5 Å². The Bertz CT molecular complexity index is 178. The number of rotatable bonds is 7. The first-order valence-corrected chi connectivity index (χ1v) is 5.36. The molecule has 0 heterocycles. The third-order valence-electron chi connectivity index (χ3n) is 2.20. The maximum atomic E-state index is 11.3. The Morgan fingerprint density at radius 3 is 2.43 bits per heavy atom. The van der Waals surface area contributed by atoms with E-state index in [-0.39, 0.29) is 17.9 Å². The number of nitrogens with one attached hydrogen (secondary N) is 1. The quantitative estimate of drug-likeness (QED) is 0.503. The lowest BCUT2D eigenvalue weighted by Gasteiger charge is -2.15. The average Bonchev–Trinajstić information content (AvgIpc) is 2.14. The number of aldehydes is 1. The first-order chi connectivity index (χ1) is 6.61. The van der Waals surface area contributed by atoms with E-state index in [1.54, 1.807) is 0 Å². The van der Waals surface area contributed by atoms with Gasteiger partial charge in [-0.3, -0.25) is 4.79 Å². The van der Waals surface area contributed by atoms with E-state index >= 15 is 0 Å². The molecule has 1 atom stereocenters. The molecule has 1 N–H and O–H groups in total. The Kier molecular flexibility index (Phi) is 7.07. The number of hydrogen-bond acceptors (Lipinski definition) is 2. The Labute approximate surface area is 86.3 Å². The van der Waals surface area contributed by atoms with Crippen molar-refractivity contribution in [1.29, 1.82) is 0 Å². The molecule has 0 aliphatic heterocycles. The standard InChI is InChI=1S/C11H21NO2/c1-4-5-6-7-11(14)12-10(8-13)9(2)3/h8-10H,4-7H2,1-3H3,(H,12,14). The van der Waals surface area contributed by atoms with Crippen LogP contribution in [0.2, 0.25) is 0 Å². The minimum atomic E-state index is -0.330. The van der Waals surface area contributed by atoms with Crippen molar-refractivity contribution < 1.29 is 9.59 Å². The van der Waals surface area contributed by atoms with E-state index in [0.29, 0.717) is 6.42 Å². The minimum Gasteiger partial charge on any atom is -0.346 e. The van der Waals surface area contributed by atoms with Crippen molar-refractivity contribution in [3.63, 3.8) is 0 Å². The third-order valence-corrected chi connectivity index (χ3v) is 2.20. The molecule has 0 aliphatic carbocycles. The van der Waals surface area contributed by atoms with Crippen LogP contribution in [0.15, 0.2) is 0 Å². The van der Waals surface area contributed by atoms with Crippen molar-refractivity contribution in [2.24, 2.45) is 5.92 Å². The maximum absolute atomic E-state index is 11.3. The zero-order chi connectivity index (χ0) is 11.0. The van der Waals surface area contributed by atoms with Crippen molar-refractivity contribution in [1.82, 2.24) is 5.32 Å². The van der Waals surface area contributed by atoms with Crippen LogP contribution < -0.4 is 5.32 Å². The maximum Gasteiger partial charge on any atom is 0.220 e. The molecule has 0 radical (unpaired) electrons. The number of carbonyl (C=O) groups excluding carboxylic acids is 2. The normalized spacial score (nSPS) is 12.6. The van der Waals surface area contributed by atoms with Crippen molar-refractivity contribution in [3.05, 3.63) is 0 Å². The molecule has 0 saturated carbocycles. The van der Waals surface area contributed by atoms with Crippen LogP contribution in [0.3, 0.4) is 0 Å². The van der Waals surface area contributed by atoms with Gasteiger partial charge in [-0.05, 0) is 12.3 Å². The highest BCUT2D eigenvalue weighted by atomic mass is 16.2. The first-order valence-electron chi connectivity index (χ1n) is 5.36. The van der Waals surface area contributed by atoms with Crippen LogP contribution >= 0.6 is 0 Å². The molecule has 0 aromatic rings. The lowest BCUT2D eigenvalue weighted by Crippen LogP contribution is -2.39. The molecular formula is C11H21NO2. The topological polar surface area (TPSA) is 46.2 Å². The van der Waals surface area contributed by atoms with Gasteiger partial charge in [0.05, 0.1) is 6.04 Å². The van der Waals surface area contributed by atoms with Crippen LogP contribution in [0, 0.1) is 5.92 Å². The molecule has 0 saturated heterocycles. The monoisotopic (exact) mass is 199 g/mol. The first kappa shape index (κ1) is 13.1. The van der Waals surface area contributed by atoms with E-state index in [9.17, 15) is 9.59 Å². The van der Waals surface area contributed by atoms with E-state index in [4.69, 9.17) is 0 Å². The van der Waals surface area contributed by atoms with Crippen LogP contribution in [0.4, 0.5) is 0 Å². The third kappa shape index (κ3) is 5.73. The molecule has 0 aromatic heterocycles. The summed E-state index contributed by atoms with van der Waals surface area (Å²) in [5.41, 5.74) is 0. The van der Waals surface area contributed by atoms with Gasteiger partial charge in [-0.1, -0.05) is 33.6 Å². The molecular weight excluding hydrogens is 178 g/mol. The Balaban J connectivity index is 3.73. The summed E-state index contributed by atoms with van der Waals surface area (Å²) in [6, 6.07) is -0.330. The van der Waals surface area contributed by atoms with Gasteiger partial charge in [-0.25, -0.2) is 0 Å². The molecule has 0 fully saturated rings. The molecule has 14 heavy (non-hydrogen) atoms. The van der Waals surface area contributed by atoms with Crippen molar-refractivity contribution in [3.8, 4) is 0 Å². The Morgan fingerprint density at radius 2 is 2.00 bits per heavy atom. The van der Waals surface area contributed by atoms with Gasteiger partial charge in [0, 0.05) is 6.42 Å². The summed E-state index contributed by atoms with van der Waals surface area (Å²) in [5, 5.41) is 2.72. The van der Waals surface area contributed by atoms with Crippen LogP contribution in [0.25, 0.3) is 0 Å². The van der Waals surface area contributed by atoms with Gasteiger partial charge in [0.25, 0.3) is 0 Å². The highest BCUT2D eigenvalue weighted by Crippen LogP contribution is 2.02. The molecule has 1 unspecified atom stereocenters. The van der Waals surface area contributed by atoms with Gasteiger partial charge in [-0.2, -0.15) is 0 Å². The van der Waals surface area contributed by atoms with E-state index in [1.165, 1.54) is 0 Å². The second kappa shape index (κ2) is 7.54. The van der Waals surface area contributed by atoms with Crippen molar-refractivity contribution in [2.45, 2.75) is 52.5 Å². The molecule has 0 bridgehead atoms. The smallest absolute Gasteiger partial charge is 0.220 e. The van der Waals surface area contributed by atoms with Gasteiger partial charge >= 0.3 is 0 Å². The summed E-state index contributed by atoms with van der Waals surface area (Å²) in [7, 11) is 0. The number of unbranched alkanes of at least 4 members (excludes halogenated alkanes) is 2. The van der Waals surface area contributed by atoms with Gasteiger partial charge in [-0.15, -0.1) is 0 Å². The van der Waals surface area contributed by atoms with Crippen LogP contribution in [-0.2, 0) is 9.59 Å². The summed E-state index contributed by atoms with van der Waals surface area (Å²) in [6.45, 7) is 5.94. The van der Waals surface area contributed by atoms with Crippen LogP contribution in [0.1, 0.15) is 46.5 Å². The lowest BCUT2D eigenvalue weighted by atomic mass is 10.1. The predicted molar refractivity (Wildman–Crippen MR) is 57.0 cm³/mol. The van der Waals surface area contributed by atoms with Gasteiger partial charge in [0.15, 0.2) is 0 Å².